The van der Waals surface area contributed by atoms with Crippen molar-refractivity contribution in [3.05, 3.63) is 79.3 Å². The molecular weight excluding hydrogens is 824 g/mol. The van der Waals surface area contributed by atoms with Crippen LogP contribution in [0.5, 0.6) is 5.75 Å². The number of carbonyl (C=O) groups excluding carboxylic acids is 3. The molecular formula is C40H66BrFeMnN3O5P-5. The van der Waals surface area contributed by atoms with Gasteiger partial charge in [0.05, 0.1) is 20.0 Å². The third-order valence-corrected chi connectivity index (χ3v) is 9.96. The van der Waals surface area contributed by atoms with Gasteiger partial charge in [0.1, 0.15) is 5.75 Å². The van der Waals surface area contributed by atoms with Crippen LogP contribution < -0.4 is 31.9 Å². The van der Waals surface area contributed by atoms with Crippen molar-refractivity contribution < 1.29 is 75.0 Å². The Bertz CT molecular complexity index is 1090. The van der Waals surface area contributed by atoms with Crippen molar-refractivity contribution in [3.8, 4) is 5.75 Å². The van der Waals surface area contributed by atoms with E-state index in [1.165, 1.54) is 73.5 Å². The zero-order valence-electron chi connectivity index (χ0n) is 33.5. The fourth-order valence-electron chi connectivity index (χ4n) is 5.87. The summed E-state index contributed by atoms with van der Waals surface area (Å²) in [7, 11) is 8.43. The van der Waals surface area contributed by atoms with E-state index in [1.54, 1.807) is 14.2 Å². The van der Waals surface area contributed by atoms with Crippen molar-refractivity contribution in [1.82, 2.24) is 4.98 Å². The first-order valence-electron chi connectivity index (χ1n) is 16.3. The summed E-state index contributed by atoms with van der Waals surface area (Å²) in [6.07, 6.45) is 16.3. The molecule has 2 fully saturated rings. The Balaban J connectivity index is -0.000000148. The van der Waals surface area contributed by atoms with Gasteiger partial charge in [0.15, 0.2) is 0 Å². The van der Waals surface area contributed by atoms with E-state index in [9.17, 15) is 0 Å². The molecule has 0 saturated heterocycles. The van der Waals surface area contributed by atoms with E-state index in [-0.39, 0.29) is 66.0 Å². The minimum atomic E-state index is 0. The van der Waals surface area contributed by atoms with Crippen LogP contribution in [0.3, 0.4) is 0 Å². The number of anilines is 1. The molecule has 8 nitrogen and oxygen atoms in total. The molecule has 303 valence electrons. The van der Waals surface area contributed by atoms with E-state index in [0.29, 0.717) is 18.5 Å². The maximum absolute atomic E-state index is 7.75. The fourth-order valence-corrected chi connectivity index (χ4v) is 7.90. The summed E-state index contributed by atoms with van der Waals surface area (Å²) in [5, 5.41) is 6.50. The quantitative estimate of drug-likeness (QED) is 0.0925. The number of aryl methyl sites for hydroxylation is 2. The predicted molar refractivity (Wildman–Crippen MR) is 214 cm³/mol. The van der Waals surface area contributed by atoms with E-state index in [0.717, 1.165) is 37.9 Å². The number of methoxy groups -OCH3 is 2. The molecule has 52 heavy (non-hydrogen) atoms. The van der Waals surface area contributed by atoms with Crippen molar-refractivity contribution >= 4 is 39.9 Å². The third-order valence-electron chi connectivity index (χ3n) is 8.25. The van der Waals surface area contributed by atoms with Gasteiger partial charge in [-0.2, -0.15) is 0 Å². The van der Waals surface area contributed by atoms with Crippen LogP contribution in [-0.2, 0) is 59.8 Å². The van der Waals surface area contributed by atoms with E-state index in [2.05, 4.69) is 90.2 Å². The second-order valence-electron chi connectivity index (χ2n) is 11.6. The molecule has 1 heterocycles. The summed E-state index contributed by atoms with van der Waals surface area (Å²) >= 11 is 0. The van der Waals surface area contributed by atoms with Gasteiger partial charge in [-0.15, -0.1) is 12.6 Å². The van der Waals surface area contributed by atoms with E-state index < -0.39 is 0 Å². The summed E-state index contributed by atoms with van der Waals surface area (Å²) in [5.74, 6) is 2.76. The summed E-state index contributed by atoms with van der Waals surface area (Å²) in [5.41, 5.74) is 5.47. The normalized spacial score (nSPS) is 15.4. The van der Waals surface area contributed by atoms with Gasteiger partial charge in [0.2, 0.25) is 0 Å². The van der Waals surface area contributed by atoms with Crippen LogP contribution in [0, 0.1) is 34.6 Å². The average molecular weight is 891 g/mol. The fraction of sp³-hybridized carbons (Fsp3) is 0.550. The molecule has 4 atom stereocenters. The Kier molecular flexibility index (Phi) is 53.0. The van der Waals surface area contributed by atoms with Crippen LogP contribution in [0.2, 0.25) is 0 Å². The van der Waals surface area contributed by atoms with Crippen LogP contribution in [-0.4, -0.2) is 65.4 Å². The first kappa shape index (κ1) is 65.3. The number of hydrogen-bond acceptors (Lipinski definition) is 7. The molecule has 1 aromatic heterocycles. The van der Waals surface area contributed by atoms with Crippen LogP contribution in [0.25, 0.3) is 5.32 Å². The average Bonchev–Trinajstić information content (AvgIpc) is 3.84. The Labute approximate surface area is 352 Å². The molecule has 12 heteroatoms. The van der Waals surface area contributed by atoms with Gasteiger partial charge in [0.25, 0.3) is 0 Å². The molecule has 1 radical (unpaired) electrons. The molecule has 0 N–H and O–H groups in total. The maximum atomic E-state index is 7.75. The van der Waals surface area contributed by atoms with Gasteiger partial charge in [0, 0.05) is 55.2 Å². The number of aromatic nitrogens is 1. The van der Waals surface area contributed by atoms with Gasteiger partial charge >= 0.3 is 17.1 Å². The van der Waals surface area contributed by atoms with E-state index in [4.69, 9.17) is 29.2 Å². The molecule has 0 amide bonds. The van der Waals surface area contributed by atoms with Gasteiger partial charge in [-0.05, 0) is 79.6 Å². The minimum absolute atomic E-state index is 0. The Morgan fingerprint density at radius 3 is 1.85 bits per heavy atom. The number of nitrogens with zero attached hydrogens (tertiary/aromatic N) is 3. The standard InChI is InChI=1S/C24H35N3OP.C6H12O.C5H10.3CHO.2CH3.BrH.Fe.Mn/c1-16-12-21(13-17(2)24(16)28-6)29-23-9-7-8-22(23)18(3)26-15-19-14-20(27(4)5)10-11-25-19;1-4-6(5-2)7-3;1-2-4-5-3-1;3*1-2;;;;;/h10-14,18,22-23,29H,7-9,15H2,1-6H3;4H,5H2,1-3H3;1-5H2;3*1H;2*1H3;1H;;/q-1;;;5*-1;;+2;/p-1/b;6-4-;;;;;;;;;/t18-,22?,23?;;;;;;;;;;/m1........../s1. The smallest absolute Gasteiger partial charge is 1.00 e. The van der Waals surface area contributed by atoms with Gasteiger partial charge in [-0.1, -0.05) is 73.3 Å². The molecule has 0 aliphatic heterocycles. The Morgan fingerprint density at radius 2 is 1.46 bits per heavy atom. The summed E-state index contributed by atoms with van der Waals surface area (Å²) in [6.45, 7) is 21.1. The van der Waals surface area contributed by atoms with Crippen molar-refractivity contribution in [3.63, 3.8) is 0 Å². The molecule has 0 bridgehead atoms. The number of rotatable bonds is 10. The number of allylic oxidation sites excluding steroid dienone is 2. The van der Waals surface area contributed by atoms with Gasteiger partial charge < -0.3 is 65.9 Å². The van der Waals surface area contributed by atoms with Crippen LogP contribution in [0.15, 0.2) is 42.3 Å². The number of pyridine rings is 1. The van der Waals surface area contributed by atoms with E-state index >= 15 is 0 Å². The first-order chi connectivity index (χ1) is 22.7. The first-order valence-corrected chi connectivity index (χ1v) is 17.4. The molecule has 4 rings (SSSR count). The summed E-state index contributed by atoms with van der Waals surface area (Å²) in [6, 6.07) is 9.20. The number of halogens is 1. The van der Waals surface area contributed by atoms with Crippen LogP contribution in [0.1, 0.15) is 95.4 Å². The van der Waals surface area contributed by atoms with Crippen molar-refractivity contribution in [2.24, 2.45) is 5.92 Å². The van der Waals surface area contributed by atoms with Crippen molar-refractivity contribution in [2.45, 2.75) is 111 Å². The maximum Gasteiger partial charge on any atom is 2.00 e. The Morgan fingerprint density at radius 1 is 0.962 bits per heavy atom. The molecule has 0 spiro atoms. The number of benzene rings is 1. The topological polar surface area (TPSA) is 99.9 Å². The van der Waals surface area contributed by atoms with Crippen molar-refractivity contribution in [1.29, 1.82) is 0 Å². The van der Waals surface area contributed by atoms with Crippen LogP contribution >= 0.6 is 8.58 Å². The van der Waals surface area contributed by atoms with E-state index in [1.807, 2.05) is 25.3 Å². The van der Waals surface area contributed by atoms with Gasteiger partial charge in [-0.3, -0.25) is 25.4 Å². The molecule has 1 aromatic carbocycles. The molecule has 2 saturated carbocycles. The number of hydrogen-bond donors (Lipinski definition) is 0. The SMILES string of the molecule is C/C=C(/CC)OC.C1CCCC1.COc1c(C)cc(PC2CCCC2[C@@H](C)[N-]Cc2cc(N(C)C)ccn2)cc1C.[Br-].[CH-]=O.[CH-]=O.[CH-]=O.[CH3-].[CH3-].[Fe+2].[Mn]. The molecule has 3 unspecified atom stereocenters. The second kappa shape index (κ2) is 42.2. The zero-order valence-corrected chi connectivity index (χ0v) is 38.4. The predicted octanol–water partition coefficient (Wildman–Crippen LogP) is 6.18. The summed E-state index contributed by atoms with van der Waals surface area (Å²) < 4.78 is 10.4. The second-order valence-corrected chi connectivity index (χ2v) is 13.2. The summed E-state index contributed by atoms with van der Waals surface area (Å²) in [4.78, 5) is 29.9. The monoisotopic (exact) mass is 889 g/mol. The molecule has 2 aromatic rings. The Hall–Kier alpha value is -1.57. The molecule has 2 aliphatic carbocycles. The van der Waals surface area contributed by atoms with Crippen LogP contribution in [0.4, 0.5) is 5.69 Å². The van der Waals surface area contributed by atoms with Crippen molar-refractivity contribution in [2.75, 3.05) is 33.2 Å². The largest absolute Gasteiger partial charge is 2.00 e. The zero-order chi connectivity index (χ0) is 36.2. The van der Waals surface area contributed by atoms with Gasteiger partial charge in [-0.25, -0.2) is 0 Å². The third kappa shape index (κ3) is 26.2. The minimum Gasteiger partial charge on any atom is -1.00 e. The number of ether oxygens (including phenoxy) is 2. The molecule has 2 aliphatic rings.